The topological polar surface area (TPSA) is 81.4 Å². The number of benzene rings is 1. The number of alkyl halides is 2. The minimum atomic E-state index is -4.14. The molecule has 19 heavy (non-hydrogen) atoms. The molecule has 1 aromatic rings. The molecule has 0 aliphatic rings. The standard InChI is InChI=1S/C10H13F3N2O3S/c11-7-2-1-3-8(14)10(7)19(16,17)15-4-5-18-6-9(12)13/h1-3,9,15H,4-6,14H2. The van der Waals surface area contributed by atoms with Crippen molar-refractivity contribution in [1.82, 2.24) is 4.72 Å². The van der Waals surface area contributed by atoms with E-state index in [-0.39, 0.29) is 18.8 Å². The quantitative estimate of drug-likeness (QED) is 0.580. The third-order valence-electron chi connectivity index (χ3n) is 2.05. The van der Waals surface area contributed by atoms with Gasteiger partial charge in [-0.2, -0.15) is 0 Å². The van der Waals surface area contributed by atoms with Gasteiger partial charge in [0, 0.05) is 6.54 Å². The van der Waals surface area contributed by atoms with Crippen molar-refractivity contribution in [1.29, 1.82) is 0 Å². The number of hydrogen-bond donors (Lipinski definition) is 2. The first kappa shape index (κ1) is 15.7. The predicted octanol–water partition coefficient (Wildman–Crippen LogP) is 0.968. The molecule has 0 unspecified atom stereocenters. The molecule has 0 saturated carbocycles. The highest BCUT2D eigenvalue weighted by Gasteiger charge is 2.21. The summed E-state index contributed by atoms with van der Waals surface area (Å²) >= 11 is 0. The van der Waals surface area contributed by atoms with E-state index < -0.39 is 33.8 Å². The van der Waals surface area contributed by atoms with Crippen LogP contribution in [-0.2, 0) is 14.8 Å². The summed E-state index contributed by atoms with van der Waals surface area (Å²) in [5.41, 5.74) is 5.15. The van der Waals surface area contributed by atoms with Crippen LogP contribution in [0.25, 0.3) is 0 Å². The smallest absolute Gasteiger partial charge is 0.261 e. The maximum atomic E-state index is 13.4. The number of nitrogens with two attached hydrogens (primary N) is 1. The van der Waals surface area contributed by atoms with Gasteiger partial charge in [-0.05, 0) is 12.1 Å². The lowest BCUT2D eigenvalue weighted by molar-refractivity contribution is 0.0199. The molecule has 1 aromatic carbocycles. The van der Waals surface area contributed by atoms with E-state index in [1.165, 1.54) is 12.1 Å². The van der Waals surface area contributed by atoms with Gasteiger partial charge >= 0.3 is 0 Å². The fourth-order valence-corrected chi connectivity index (χ4v) is 2.50. The fraction of sp³-hybridized carbons (Fsp3) is 0.400. The van der Waals surface area contributed by atoms with Crippen molar-refractivity contribution in [3.8, 4) is 0 Å². The van der Waals surface area contributed by atoms with E-state index >= 15 is 0 Å². The Morgan fingerprint density at radius 1 is 1.37 bits per heavy atom. The van der Waals surface area contributed by atoms with Crippen molar-refractivity contribution < 1.29 is 26.3 Å². The normalized spacial score (nSPS) is 12.0. The van der Waals surface area contributed by atoms with Gasteiger partial charge in [0.2, 0.25) is 10.0 Å². The molecular formula is C10H13F3N2O3S. The van der Waals surface area contributed by atoms with Crippen molar-refractivity contribution >= 4 is 15.7 Å². The fourth-order valence-electron chi connectivity index (χ4n) is 1.30. The molecular weight excluding hydrogens is 285 g/mol. The van der Waals surface area contributed by atoms with E-state index in [1.807, 2.05) is 4.72 Å². The largest absolute Gasteiger partial charge is 0.398 e. The van der Waals surface area contributed by atoms with Crippen LogP contribution in [0.2, 0.25) is 0 Å². The van der Waals surface area contributed by atoms with Crippen molar-refractivity contribution in [2.24, 2.45) is 0 Å². The Labute approximate surface area is 108 Å². The Kier molecular flexibility index (Phi) is 5.58. The molecule has 0 spiro atoms. The predicted molar refractivity (Wildman–Crippen MR) is 62.8 cm³/mol. The van der Waals surface area contributed by atoms with E-state index in [2.05, 4.69) is 4.74 Å². The Morgan fingerprint density at radius 3 is 2.63 bits per heavy atom. The van der Waals surface area contributed by atoms with Gasteiger partial charge in [-0.1, -0.05) is 6.07 Å². The van der Waals surface area contributed by atoms with E-state index in [4.69, 9.17) is 5.73 Å². The molecule has 0 saturated heterocycles. The Bertz CT molecular complexity index is 503. The zero-order valence-corrected chi connectivity index (χ0v) is 10.6. The summed E-state index contributed by atoms with van der Waals surface area (Å²) in [4.78, 5) is -0.663. The van der Waals surface area contributed by atoms with Crippen LogP contribution >= 0.6 is 0 Å². The molecule has 1 rings (SSSR count). The van der Waals surface area contributed by atoms with Crippen LogP contribution in [0.1, 0.15) is 0 Å². The second kappa shape index (κ2) is 6.73. The van der Waals surface area contributed by atoms with E-state index in [1.54, 1.807) is 0 Å². The molecule has 3 N–H and O–H groups in total. The van der Waals surface area contributed by atoms with Crippen LogP contribution in [0.15, 0.2) is 23.1 Å². The molecule has 0 atom stereocenters. The Morgan fingerprint density at radius 2 is 2.05 bits per heavy atom. The maximum Gasteiger partial charge on any atom is 0.261 e. The Balaban J connectivity index is 2.62. The lowest BCUT2D eigenvalue weighted by Gasteiger charge is -2.10. The highest BCUT2D eigenvalue weighted by Crippen LogP contribution is 2.20. The van der Waals surface area contributed by atoms with Crippen LogP contribution in [0.3, 0.4) is 0 Å². The van der Waals surface area contributed by atoms with Crippen LogP contribution < -0.4 is 10.5 Å². The summed E-state index contributed by atoms with van der Waals surface area (Å²) in [6, 6.07) is 3.47. The average Bonchev–Trinajstić information content (AvgIpc) is 2.27. The number of ether oxygens (including phenoxy) is 1. The van der Waals surface area contributed by atoms with Crippen molar-refractivity contribution in [3.05, 3.63) is 24.0 Å². The Hall–Kier alpha value is -1.32. The summed E-state index contributed by atoms with van der Waals surface area (Å²) in [5, 5.41) is 0. The number of nitrogens with one attached hydrogen (secondary N) is 1. The van der Waals surface area contributed by atoms with Crippen molar-refractivity contribution in [3.63, 3.8) is 0 Å². The number of rotatable bonds is 7. The van der Waals surface area contributed by atoms with E-state index in [0.717, 1.165) is 6.07 Å². The zero-order valence-electron chi connectivity index (χ0n) is 9.77. The van der Waals surface area contributed by atoms with Gasteiger partial charge in [-0.25, -0.2) is 26.3 Å². The molecule has 0 bridgehead atoms. The summed E-state index contributed by atoms with van der Waals surface area (Å²) in [7, 11) is -4.14. The van der Waals surface area contributed by atoms with Gasteiger partial charge in [0.1, 0.15) is 17.3 Å². The monoisotopic (exact) mass is 298 g/mol. The lowest BCUT2D eigenvalue weighted by Crippen LogP contribution is -2.29. The number of halogens is 3. The molecule has 0 amide bonds. The molecule has 5 nitrogen and oxygen atoms in total. The molecule has 0 aromatic heterocycles. The first-order valence-corrected chi connectivity index (χ1v) is 6.72. The maximum absolute atomic E-state index is 13.4. The third-order valence-corrected chi connectivity index (χ3v) is 3.60. The van der Waals surface area contributed by atoms with E-state index in [0.29, 0.717) is 0 Å². The minimum absolute atomic E-state index is 0.235. The second-order valence-corrected chi connectivity index (χ2v) is 5.23. The zero-order chi connectivity index (χ0) is 14.5. The first-order valence-electron chi connectivity index (χ1n) is 5.24. The number of hydrogen-bond acceptors (Lipinski definition) is 4. The third kappa shape index (κ3) is 4.69. The summed E-state index contributed by atoms with van der Waals surface area (Å²) in [5.74, 6) is -0.985. The number of anilines is 1. The van der Waals surface area contributed by atoms with Gasteiger partial charge < -0.3 is 10.5 Å². The highest BCUT2D eigenvalue weighted by molar-refractivity contribution is 7.89. The number of nitrogen functional groups attached to an aromatic ring is 1. The first-order chi connectivity index (χ1) is 8.84. The summed E-state index contributed by atoms with van der Waals surface area (Å²) in [6.45, 7) is -1.30. The van der Waals surface area contributed by atoms with Gasteiger partial charge in [0.05, 0.1) is 12.3 Å². The van der Waals surface area contributed by atoms with Crippen LogP contribution in [0, 0.1) is 5.82 Å². The van der Waals surface area contributed by atoms with Crippen LogP contribution in [-0.4, -0.2) is 34.6 Å². The lowest BCUT2D eigenvalue weighted by atomic mass is 10.3. The van der Waals surface area contributed by atoms with Gasteiger partial charge in [-0.15, -0.1) is 0 Å². The van der Waals surface area contributed by atoms with Gasteiger partial charge in [-0.3, -0.25) is 0 Å². The minimum Gasteiger partial charge on any atom is -0.398 e. The van der Waals surface area contributed by atoms with Crippen molar-refractivity contribution in [2.75, 3.05) is 25.5 Å². The molecule has 0 aliphatic heterocycles. The van der Waals surface area contributed by atoms with Crippen molar-refractivity contribution in [2.45, 2.75) is 11.3 Å². The van der Waals surface area contributed by atoms with E-state index in [9.17, 15) is 21.6 Å². The van der Waals surface area contributed by atoms with Crippen LogP contribution in [0.5, 0.6) is 0 Å². The summed E-state index contributed by atoms with van der Waals surface area (Å²) in [6.07, 6.45) is -2.63. The van der Waals surface area contributed by atoms with Gasteiger partial charge in [0.15, 0.2) is 0 Å². The second-order valence-electron chi connectivity index (χ2n) is 3.52. The SMILES string of the molecule is Nc1cccc(F)c1S(=O)(=O)NCCOCC(F)F. The molecule has 0 heterocycles. The van der Waals surface area contributed by atoms with Crippen LogP contribution in [0.4, 0.5) is 18.9 Å². The molecule has 108 valence electrons. The molecule has 9 heteroatoms. The average molecular weight is 298 g/mol. The number of sulfonamides is 1. The molecule has 0 radical (unpaired) electrons. The molecule has 0 fully saturated rings. The highest BCUT2D eigenvalue weighted by atomic mass is 32.2. The summed E-state index contributed by atoms with van der Waals surface area (Å²) < 4.78 is 66.8. The van der Waals surface area contributed by atoms with Gasteiger partial charge in [0.25, 0.3) is 6.43 Å². The molecule has 0 aliphatic carbocycles.